The van der Waals surface area contributed by atoms with E-state index in [4.69, 9.17) is 0 Å². The minimum atomic E-state index is -3.37. The van der Waals surface area contributed by atoms with E-state index in [9.17, 15) is 13.2 Å². The summed E-state index contributed by atoms with van der Waals surface area (Å²) in [5.41, 5.74) is 0.211. The van der Waals surface area contributed by atoms with E-state index in [0.29, 0.717) is 0 Å². The van der Waals surface area contributed by atoms with E-state index in [0.717, 1.165) is 0 Å². The first-order chi connectivity index (χ1) is 7.88. The van der Waals surface area contributed by atoms with Gasteiger partial charge in [0.25, 0.3) is 5.91 Å². The summed E-state index contributed by atoms with van der Waals surface area (Å²) in [6.07, 6.45) is 0. The first-order valence-electron chi connectivity index (χ1n) is 5.51. The molecule has 1 aromatic carbocycles. The van der Waals surface area contributed by atoms with Gasteiger partial charge in [0.05, 0.1) is 16.2 Å². The standard InChI is InChI=1S/C12H17NO3S/c1-4-17(15,16)11-8-6-5-7-10(11)12(14)13-9(2)3/h5-9H,4H2,1-3H3,(H,13,14). The third-order valence-electron chi connectivity index (χ3n) is 2.27. The lowest BCUT2D eigenvalue weighted by Gasteiger charge is -2.11. The summed E-state index contributed by atoms with van der Waals surface area (Å²) >= 11 is 0. The number of sulfone groups is 1. The fraction of sp³-hybridized carbons (Fsp3) is 0.417. The van der Waals surface area contributed by atoms with Crippen molar-refractivity contribution in [3.05, 3.63) is 29.8 Å². The maximum absolute atomic E-state index is 11.9. The van der Waals surface area contributed by atoms with Gasteiger partial charge in [-0.05, 0) is 26.0 Å². The molecule has 94 valence electrons. The van der Waals surface area contributed by atoms with Gasteiger partial charge in [-0.3, -0.25) is 4.79 Å². The monoisotopic (exact) mass is 255 g/mol. The Kier molecular flexibility index (Phi) is 4.28. The Hall–Kier alpha value is -1.36. The van der Waals surface area contributed by atoms with Crippen LogP contribution in [0.3, 0.4) is 0 Å². The summed E-state index contributed by atoms with van der Waals surface area (Å²) in [6, 6.07) is 6.24. The quantitative estimate of drug-likeness (QED) is 0.889. The zero-order valence-electron chi connectivity index (χ0n) is 10.2. The third kappa shape index (κ3) is 3.30. The Bertz CT molecular complexity index is 506. The fourth-order valence-electron chi connectivity index (χ4n) is 1.42. The predicted molar refractivity (Wildman–Crippen MR) is 66.8 cm³/mol. The van der Waals surface area contributed by atoms with Gasteiger partial charge in [-0.25, -0.2) is 8.42 Å². The largest absolute Gasteiger partial charge is 0.350 e. The maximum atomic E-state index is 11.9. The van der Waals surface area contributed by atoms with Crippen LogP contribution in [0.2, 0.25) is 0 Å². The van der Waals surface area contributed by atoms with Crippen LogP contribution in [0.4, 0.5) is 0 Å². The van der Waals surface area contributed by atoms with Crippen molar-refractivity contribution in [2.24, 2.45) is 0 Å². The molecular weight excluding hydrogens is 238 g/mol. The van der Waals surface area contributed by atoms with E-state index in [1.54, 1.807) is 19.1 Å². The molecule has 0 spiro atoms. The van der Waals surface area contributed by atoms with Gasteiger partial charge in [-0.15, -0.1) is 0 Å². The molecule has 0 bridgehead atoms. The first kappa shape index (κ1) is 13.7. The second-order valence-electron chi connectivity index (χ2n) is 4.03. The van der Waals surface area contributed by atoms with Crippen molar-refractivity contribution in [3.63, 3.8) is 0 Å². The molecule has 17 heavy (non-hydrogen) atoms. The van der Waals surface area contributed by atoms with Gasteiger partial charge in [0.2, 0.25) is 0 Å². The lowest BCUT2D eigenvalue weighted by molar-refractivity contribution is 0.0940. The lowest BCUT2D eigenvalue weighted by atomic mass is 10.2. The molecule has 0 aliphatic carbocycles. The summed E-state index contributed by atoms with van der Waals surface area (Å²) < 4.78 is 23.7. The van der Waals surface area contributed by atoms with Crippen molar-refractivity contribution < 1.29 is 13.2 Å². The third-order valence-corrected chi connectivity index (χ3v) is 4.05. The summed E-state index contributed by atoms with van der Waals surface area (Å²) in [7, 11) is -3.37. The van der Waals surface area contributed by atoms with Gasteiger partial charge in [0, 0.05) is 6.04 Å². The molecule has 0 aliphatic rings. The van der Waals surface area contributed by atoms with Crippen LogP contribution in [0, 0.1) is 0 Å². The second kappa shape index (κ2) is 5.31. The van der Waals surface area contributed by atoms with E-state index in [-0.39, 0.29) is 28.2 Å². The lowest BCUT2D eigenvalue weighted by Crippen LogP contribution is -2.31. The number of rotatable bonds is 4. The molecule has 0 fully saturated rings. The number of carbonyl (C=O) groups is 1. The van der Waals surface area contributed by atoms with Crippen LogP contribution in [0.15, 0.2) is 29.2 Å². The SMILES string of the molecule is CCS(=O)(=O)c1ccccc1C(=O)NC(C)C. The van der Waals surface area contributed by atoms with Crippen molar-refractivity contribution in [2.45, 2.75) is 31.7 Å². The Morgan fingerprint density at radius 1 is 1.29 bits per heavy atom. The van der Waals surface area contributed by atoms with Crippen LogP contribution in [-0.4, -0.2) is 26.1 Å². The minimum Gasteiger partial charge on any atom is -0.350 e. The van der Waals surface area contributed by atoms with Crippen LogP contribution in [0.5, 0.6) is 0 Å². The van der Waals surface area contributed by atoms with E-state index in [2.05, 4.69) is 5.32 Å². The van der Waals surface area contributed by atoms with E-state index in [1.807, 2.05) is 13.8 Å². The van der Waals surface area contributed by atoms with Crippen LogP contribution in [0.25, 0.3) is 0 Å². The average Bonchev–Trinajstić information content (AvgIpc) is 2.28. The molecular formula is C12H17NO3S. The highest BCUT2D eigenvalue weighted by Crippen LogP contribution is 2.16. The molecule has 0 aromatic heterocycles. The van der Waals surface area contributed by atoms with Crippen LogP contribution >= 0.6 is 0 Å². The smallest absolute Gasteiger partial charge is 0.252 e. The topological polar surface area (TPSA) is 63.2 Å². The number of nitrogens with one attached hydrogen (secondary N) is 1. The van der Waals surface area contributed by atoms with Gasteiger partial charge in [0.15, 0.2) is 9.84 Å². The predicted octanol–water partition coefficient (Wildman–Crippen LogP) is 1.62. The van der Waals surface area contributed by atoms with Crippen molar-refractivity contribution in [3.8, 4) is 0 Å². The van der Waals surface area contributed by atoms with Crippen molar-refractivity contribution >= 4 is 15.7 Å². The molecule has 0 saturated heterocycles. The normalized spacial score (nSPS) is 11.5. The van der Waals surface area contributed by atoms with Crippen LogP contribution in [-0.2, 0) is 9.84 Å². The molecule has 0 unspecified atom stereocenters. The Balaban J connectivity index is 3.22. The highest BCUT2D eigenvalue weighted by molar-refractivity contribution is 7.91. The van der Waals surface area contributed by atoms with E-state index in [1.165, 1.54) is 12.1 Å². The highest BCUT2D eigenvalue weighted by atomic mass is 32.2. The molecule has 1 N–H and O–H groups in total. The Morgan fingerprint density at radius 3 is 2.41 bits per heavy atom. The number of benzene rings is 1. The van der Waals surface area contributed by atoms with Crippen molar-refractivity contribution in [2.75, 3.05) is 5.75 Å². The van der Waals surface area contributed by atoms with Gasteiger partial charge < -0.3 is 5.32 Å². The van der Waals surface area contributed by atoms with E-state index >= 15 is 0 Å². The summed E-state index contributed by atoms with van der Waals surface area (Å²) in [6.45, 7) is 5.22. The molecule has 1 aromatic rings. The number of hydrogen-bond acceptors (Lipinski definition) is 3. The fourth-order valence-corrected chi connectivity index (χ4v) is 2.51. The molecule has 5 heteroatoms. The molecule has 0 radical (unpaired) electrons. The molecule has 0 atom stereocenters. The zero-order chi connectivity index (χ0) is 13.1. The molecule has 1 amide bonds. The van der Waals surface area contributed by atoms with E-state index < -0.39 is 9.84 Å². The minimum absolute atomic E-state index is 0.0149. The van der Waals surface area contributed by atoms with Gasteiger partial charge in [-0.1, -0.05) is 19.1 Å². The van der Waals surface area contributed by atoms with Crippen LogP contribution in [0.1, 0.15) is 31.1 Å². The Morgan fingerprint density at radius 2 is 1.88 bits per heavy atom. The van der Waals surface area contributed by atoms with Gasteiger partial charge >= 0.3 is 0 Å². The van der Waals surface area contributed by atoms with Crippen molar-refractivity contribution in [1.82, 2.24) is 5.32 Å². The molecule has 0 saturated carbocycles. The number of hydrogen-bond donors (Lipinski definition) is 1. The average molecular weight is 255 g/mol. The number of amides is 1. The zero-order valence-corrected chi connectivity index (χ0v) is 11.0. The van der Waals surface area contributed by atoms with Gasteiger partial charge in [-0.2, -0.15) is 0 Å². The highest BCUT2D eigenvalue weighted by Gasteiger charge is 2.20. The van der Waals surface area contributed by atoms with Gasteiger partial charge in [0.1, 0.15) is 0 Å². The summed E-state index contributed by atoms with van der Waals surface area (Å²) in [5, 5.41) is 2.69. The van der Waals surface area contributed by atoms with Crippen LogP contribution < -0.4 is 5.32 Å². The molecule has 0 aliphatic heterocycles. The molecule has 1 rings (SSSR count). The first-order valence-corrected chi connectivity index (χ1v) is 7.16. The Labute approximate surface area is 102 Å². The summed E-state index contributed by atoms with van der Waals surface area (Å²) in [5.74, 6) is -0.369. The summed E-state index contributed by atoms with van der Waals surface area (Å²) in [4.78, 5) is 12.0. The maximum Gasteiger partial charge on any atom is 0.252 e. The number of carbonyl (C=O) groups excluding carboxylic acids is 1. The molecule has 0 heterocycles. The second-order valence-corrected chi connectivity index (χ2v) is 6.27. The molecule has 4 nitrogen and oxygen atoms in total. The van der Waals surface area contributed by atoms with Crippen molar-refractivity contribution in [1.29, 1.82) is 0 Å².